The molecule has 0 saturated carbocycles. The minimum absolute atomic E-state index is 0.0118. The lowest BCUT2D eigenvalue weighted by Crippen LogP contribution is -2.34. The van der Waals surface area contributed by atoms with Crippen LogP contribution in [0.4, 0.5) is 0 Å². The average Bonchev–Trinajstić information content (AvgIpc) is 2.54. The van der Waals surface area contributed by atoms with Gasteiger partial charge in [0.1, 0.15) is 6.54 Å². The van der Waals surface area contributed by atoms with E-state index in [0.717, 1.165) is 5.56 Å². The van der Waals surface area contributed by atoms with E-state index in [-0.39, 0.29) is 30.7 Å². The van der Waals surface area contributed by atoms with Crippen molar-refractivity contribution in [1.82, 2.24) is 9.88 Å². The Kier molecular flexibility index (Phi) is 5.91. The zero-order valence-corrected chi connectivity index (χ0v) is 12.3. The lowest BCUT2D eigenvalue weighted by molar-refractivity contribution is -0.122. The number of aliphatic hydroxyl groups excluding tert-OH is 1. The highest BCUT2D eigenvalue weighted by Gasteiger charge is 2.14. The molecule has 0 spiro atoms. The summed E-state index contributed by atoms with van der Waals surface area (Å²) in [6.07, 6.45) is 2.84. The van der Waals surface area contributed by atoms with Gasteiger partial charge in [0.15, 0.2) is 0 Å². The van der Waals surface area contributed by atoms with Gasteiger partial charge in [-0.05, 0) is 24.5 Å². The third-order valence-corrected chi connectivity index (χ3v) is 3.40. The van der Waals surface area contributed by atoms with Crippen molar-refractivity contribution < 1.29 is 9.90 Å². The second kappa shape index (κ2) is 8.14. The summed E-state index contributed by atoms with van der Waals surface area (Å²) in [5.74, 6) is -0.222. The van der Waals surface area contributed by atoms with E-state index in [1.165, 1.54) is 10.6 Å². The predicted octanol–water partition coefficient (Wildman–Crippen LogP) is 1.48. The molecule has 0 bridgehead atoms. The molecule has 5 heteroatoms. The zero-order valence-electron chi connectivity index (χ0n) is 12.3. The van der Waals surface area contributed by atoms with E-state index in [2.05, 4.69) is 5.32 Å². The maximum absolute atomic E-state index is 12.2. The summed E-state index contributed by atoms with van der Waals surface area (Å²) in [7, 11) is 0. The van der Waals surface area contributed by atoms with Crippen molar-refractivity contribution in [2.24, 2.45) is 0 Å². The van der Waals surface area contributed by atoms with Gasteiger partial charge in [-0.1, -0.05) is 36.4 Å². The van der Waals surface area contributed by atoms with E-state index in [4.69, 9.17) is 5.11 Å². The average molecular weight is 300 g/mol. The molecule has 5 nitrogen and oxygen atoms in total. The van der Waals surface area contributed by atoms with Crippen molar-refractivity contribution in [1.29, 1.82) is 0 Å². The lowest BCUT2D eigenvalue weighted by Gasteiger charge is -2.19. The number of rotatable bonds is 7. The second-order valence-corrected chi connectivity index (χ2v) is 5.06. The molecule has 0 fully saturated rings. The van der Waals surface area contributed by atoms with Crippen molar-refractivity contribution in [2.45, 2.75) is 25.4 Å². The summed E-state index contributed by atoms with van der Waals surface area (Å²) in [6, 6.07) is 14.2. The number of carbonyl (C=O) groups is 1. The molecule has 0 saturated heterocycles. The van der Waals surface area contributed by atoms with E-state index in [0.29, 0.717) is 12.8 Å². The first kappa shape index (κ1) is 16.0. The molecule has 2 rings (SSSR count). The van der Waals surface area contributed by atoms with Gasteiger partial charge in [0, 0.05) is 18.9 Å². The topological polar surface area (TPSA) is 71.3 Å². The lowest BCUT2D eigenvalue weighted by atomic mass is 10.0. The minimum atomic E-state index is -0.222. The van der Waals surface area contributed by atoms with Crippen LogP contribution in [0.3, 0.4) is 0 Å². The van der Waals surface area contributed by atoms with Crippen LogP contribution in [-0.2, 0) is 11.3 Å². The molecule has 1 aromatic heterocycles. The Hall–Kier alpha value is -2.40. The number of aliphatic hydroxyl groups is 1. The van der Waals surface area contributed by atoms with E-state index in [1.807, 2.05) is 30.3 Å². The fourth-order valence-electron chi connectivity index (χ4n) is 2.29. The van der Waals surface area contributed by atoms with Gasteiger partial charge in [0.2, 0.25) is 5.91 Å². The number of pyridine rings is 1. The smallest absolute Gasteiger partial charge is 0.250 e. The normalized spacial score (nSPS) is 11.9. The van der Waals surface area contributed by atoms with E-state index in [9.17, 15) is 9.59 Å². The van der Waals surface area contributed by atoms with E-state index >= 15 is 0 Å². The molecule has 0 aliphatic rings. The molecule has 0 radical (unpaired) electrons. The molecule has 0 aliphatic heterocycles. The first-order valence-electron chi connectivity index (χ1n) is 7.31. The van der Waals surface area contributed by atoms with Crippen LogP contribution < -0.4 is 10.9 Å². The molecule has 116 valence electrons. The van der Waals surface area contributed by atoms with Crippen LogP contribution in [0.2, 0.25) is 0 Å². The predicted molar refractivity (Wildman–Crippen MR) is 84.3 cm³/mol. The number of carbonyl (C=O) groups excluding carboxylic acids is 1. The number of aromatic nitrogens is 1. The quantitative estimate of drug-likeness (QED) is 0.813. The van der Waals surface area contributed by atoms with Gasteiger partial charge in [-0.15, -0.1) is 0 Å². The van der Waals surface area contributed by atoms with Crippen LogP contribution in [0.1, 0.15) is 24.4 Å². The standard InChI is InChI=1S/C17H20N2O3/c20-12-6-9-15(14-7-2-1-3-8-14)18-16(21)13-19-11-5-4-10-17(19)22/h1-5,7-8,10-11,15,20H,6,9,12-13H2,(H,18,21). The highest BCUT2D eigenvalue weighted by Crippen LogP contribution is 2.18. The van der Waals surface area contributed by atoms with Crippen LogP contribution in [0.5, 0.6) is 0 Å². The Morgan fingerprint density at radius 1 is 1.14 bits per heavy atom. The first-order valence-corrected chi connectivity index (χ1v) is 7.31. The highest BCUT2D eigenvalue weighted by molar-refractivity contribution is 5.76. The monoisotopic (exact) mass is 300 g/mol. The first-order chi connectivity index (χ1) is 10.7. The summed E-state index contributed by atoms with van der Waals surface area (Å²) in [5.41, 5.74) is 0.786. The number of nitrogens with one attached hydrogen (secondary N) is 1. The van der Waals surface area contributed by atoms with Gasteiger partial charge in [-0.2, -0.15) is 0 Å². The van der Waals surface area contributed by atoms with Crippen molar-refractivity contribution in [3.8, 4) is 0 Å². The molecule has 1 heterocycles. The number of hydrogen-bond acceptors (Lipinski definition) is 3. The summed E-state index contributed by atoms with van der Waals surface area (Å²) in [4.78, 5) is 23.8. The Morgan fingerprint density at radius 2 is 1.86 bits per heavy atom. The maximum Gasteiger partial charge on any atom is 0.250 e. The molecular weight excluding hydrogens is 280 g/mol. The fourth-order valence-corrected chi connectivity index (χ4v) is 2.29. The maximum atomic E-state index is 12.2. The Balaban J connectivity index is 2.05. The van der Waals surface area contributed by atoms with E-state index < -0.39 is 0 Å². The molecule has 1 aromatic carbocycles. The number of amides is 1. The minimum Gasteiger partial charge on any atom is -0.396 e. The van der Waals surface area contributed by atoms with Crippen molar-refractivity contribution in [3.05, 3.63) is 70.6 Å². The van der Waals surface area contributed by atoms with Crippen LogP contribution >= 0.6 is 0 Å². The van der Waals surface area contributed by atoms with E-state index in [1.54, 1.807) is 18.3 Å². The summed E-state index contributed by atoms with van der Waals surface area (Å²) in [6.45, 7) is 0.0689. The molecule has 1 atom stereocenters. The second-order valence-electron chi connectivity index (χ2n) is 5.06. The van der Waals surface area contributed by atoms with Crippen LogP contribution in [0, 0.1) is 0 Å². The number of benzene rings is 1. The van der Waals surface area contributed by atoms with Crippen molar-refractivity contribution >= 4 is 5.91 Å². The van der Waals surface area contributed by atoms with Gasteiger partial charge < -0.3 is 15.0 Å². The third kappa shape index (κ3) is 4.56. The van der Waals surface area contributed by atoms with Crippen LogP contribution in [0.15, 0.2) is 59.5 Å². The molecular formula is C17H20N2O3. The molecule has 0 aliphatic carbocycles. The fraction of sp³-hybridized carbons (Fsp3) is 0.294. The SMILES string of the molecule is O=C(Cn1ccccc1=O)NC(CCCO)c1ccccc1. The summed E-state index contributed by atoms with van der Waals surface area (Å²) < 4.78 is 1.36. The van der Waals surface area contributed by atoms with Gasteiger partial charge in [-0.3, -0.25) is 9.59 Å². The molecule has 22 heavy (non-hydrogen) atoms. The number of hydrogen-bond donors (Lipinski definition) is 2. The Labute approximate surface area is 129 Å². The van der Waals surface area contributed by atoms with Gasteiger partial charge in [-0.25, -0.2) is 0 Å². The van der Waals surface area contributed by atoms with Crippen molar-refractivity contribution in [3.63, 3.8) is 0 Å². The summed E-state index contributed by atoms with van der Waals surface area (Å²) in [5, 5.41) is 11.9. The van der Waals surface area contributed by atoms with Crippen LogP contribution in [-0.4, -0.2) is 22.2 Å². The highest BCUT2D eigenvalue weighted by atomic mass is 16.3. The zero-order chi connectivity index (χ0) is 15.8. The molecule has 1 amide bonds. The van der Waals surface area contributed by atoms with Gasteiger partial charge >= 0.3 is 0 Å². The Morgan fingerprint density at radius 3 is 2.55 bits per heavy atom. The third-order valence-electron chi connectivity index (χ3n) is 3.40. The van der Waals surface area contributed by atoms with Crippen LogP contribution in [0.25, 0.3) is 0 Å². The summed E-state index contributed by atoms with van der Waals surface area (Å²) >= 11 is 0. The van der Waals surface area contributed by atoms with Crippen molar-refractivity contribution in [2.75, 3.05) is 6.61 Å². The largest absolute Gasteiger partial charge is 0.396 e. The molecule has 2 N–H and O–H groups in total. The number of nitrogens with zero attached hydrogens (tertiary/aromatic N) is 1. The van der Waals surface area contributed by atoms with Gasteiger partial charge in [0.25, 0.3) is 5.56 Å². The van der Waals surface area contributed by atoms with Gasteiger partial charge in [0.05, 0.1) is 6.04 Å². The Bertz CT molecular complexity index is 652. The molecule has 1 unspecified atom stereocenters. The molecule has 2 aromatic rings.